The minimum absolute atomic E-state index is 0.158. The molecular weight excluding hydrogens is 536 g/mol. The molecule has 0 aliphatic carbocycles. The zero-order chi connectivity index (χ0) is 28.5. The van der Waals surface area contributed by atoms with Crippen LogP contribution in [0, 0.1) is 5.92 Å². The predicted octanol–water partition coefficient (Wildman–Crippen LogP) is 2.29. The third-order valence-electron chi connectivity index (χ3n) is 6.55. The zero-order valence-electron chi connectivity index (χ0n) is 22.2. The van der Waals surface area contributed by atoms with E-state index in [1.54, 1.807) is 66.4 Å². The van der Waals surface area contributed by atoms with E-state index in [0.29, 0.717) is 37.4 Å². The van der Waals surface area contributed by atoms with Crippen LogP contribution in [0.25, 0.3) is 11.5 Å². The van der Waals surface area contributed by atoms with Crippen molar-refractivity contribution in [3.63, 3.8) is 0 Å². The van der Waals surface area contributed by atoms with E-state index in [4.69, 9.17) is 9.26 Å². The van der Waals surface area contributed by atoms with Gasteiger partial charge in [0.05, 0.1) is 36.7 Å². The summed E-state index contributed by atoms with van der Waals surface area (Å²) in [5.74, 6) is -3.69. The number of ketones is 1. The van der Waals surface area contributed by atoms with E-state index < -0.39 is 39.2 Å². The standard InChI is InChI=1S/C28H32N4O7S/c1-2-23(25(34)26-30-28(39-31-26)21-11-7-4-8-12-21)29-27(35)22(17-24(33)32-13-15-38-16-14-32)19-40(36,37)18-20-9-5-3-6-10-20/h3-12,22-23H,2,13-19H2,1H3,(H,29,35)/t22?,23-/m0/s1. The molecule has 2 amide bonds. The quantitative estimate of drug-likeness (QED) is 0.325. The third-order valence-corrected chi connectivity index (χ3v) is 8.23. The van der Waals surface area contributed by atoms with Crippen LogP contribution in [-0.4, -0.2) is 79.2 Å². The molecule has 1 fully saturated rings. The molecule has 212 valence electrons. The highest BCUT2D eigenvalue weighted by atomic mass is 32.2. The third kappa shape index (κ3) is 7.82. The highest BCUT2D eigenvalue weighted by molar-refractivity contribution is 7.90. The van der Waals surface area contributed by atoms with Gasteiger partial charge >= 0.3 is 0 Å². The van der Waals surface area contributed by atoms with Crippen molar-refractivity contribution in [3.8, 4) is 11.5 Å². The molecule has 12 heteroatoms. The second-order valence-corrected chi connectivity index (χ2v) is 11.7. The lowest BCUT2D eigenvalue weighted by atomic mass is 10.0. The van der Waals surface area contributed by atoms with Gasteiger partial charge in [-0.1, -0.05) is 60.6 Å². The number of amides is 2. The molecule has 1 aromatic heterocycles. The Kier molecular flexibility index (Phi) is 9.78. The number of sulfone groups is 1. The second kappa shape index (κ2) is 13.4. The van der Waals surface area contributed by atoms with Crippen molar-refractivity contribution in [2.75, 3.05) is 32.1 Å². The van der Waals surface area contributed by atoms with Crippen LogP contribution < -0.4 is 5.32 Å². The largest absolute Gasteiger partial charge is 0.378 e. The van der Waals surface area contributed by atoms with Gasteiger partial charge in [-0.3, -0.25) is 14.4 Å². The molecule has 1 aliphatic rings. The Labute approximate surface area is 232 Å². The molecule has 40 heavy (non-hydrogen) atoms. The number of ether oxygens (including phenoxy) is 1. The highest BCUT2D eigenvalue weighted by Gasteiger charge is 2.33. The Morgan fingerprint density at radius 1 is 1.00 bits per heavy atom. The number of nitrogens with zero attached hydrogens (tertiary/aromatic N) is 3. The lowest BCUT2D eigenvalue weighted by Gasteiger charge is -2.28. The first-order valence-electron chi connectivity index (χ1n) is 13.1. The maximum Gasteiger partial charge on any atom is 0.258 e. The molecule has 2 aromatic carbocycles. The van der Waals surface area contributed by atoms with Crippen molar-refractivity contribution in [3.05, 3.63) is 72.1 Å². The van der Waals surface area contributed by atoms with Gasteiger partial charge in [0.1, 0.15) is 0 Å². The SMILES string of the molecule is CC[C@H](NC(=O)C(CC(=O)N1CCOCC1)CS(=O)(=O)Cc1ccccc1)C(=O)c1noc(-c2ccccc2)n1. The van der Waals surface area contributed by atoms with E-state index in [1.165, 1.54) is 0 Å². The summed E-state index contributed by atoms with van der Waals surface area (Å²) in [6.07, 6.45) is -0.120. The van der Waals surface area contributed by atoms with Crippen molar-refractivity contribution in [1.82, 2.24) is 20.4 Å². The number of carbonyl (C=O) groups is 3. The summed E-state index contributed by atoms with van der Waals surface area (Å²) in [5.41, 5.74) is 1.21. The van der Waals surface area contributed by atoms with Crippen molar-refractivity contribution in [2.24, 2.45) is 5.92 Å². The van der Waals surface area contributed by atoms with Gasteiger partial charge < -0.3 is 19.5 Å². The van der Waals surface area contributed by atoms with Crippen LogP contribution in [0.1, 0.15) is 35.9 Å². The summed E-state index contributed by atoms with van der Waals surface area (Å²) in [6, 6.07) is 16.5. The normalized spacial score (nSPS) is 15.3. The Morgan fingerprint density at radius 2 is 1.65 bits per heavy atom. The first-order chi connectivity index (χ1) is 19.3. The maximum absolute atomic E-state index is 13.4. The summed E-state index contributed by atoms with van der Waals surface area (Å²) < 4.78 is 36.7. The molecule has 4 rings (SSSR count). The molecule has 1 saturated heterocycles. The van der Waals surface area contributed by atoms with Crippen LogP contribution in [-0.2, 0) is 29.9 Å². The Hall–Kier alpha value is -3.90. The van der Waals surface area contributed by atoms with E-state index >= 15 is 0 Å². The van der Waals surface area contributed by atoms with Crippen molar-refractivity contribution < 1.29 is 32.1 Å². The summed E-state index contributed by atoms with van der Waals surface area (Å²) in [5, 5.41) is 6.41. The molecule has 0 bridgehead atoms. The number of benzene rings is 2. The van der Waals surface area contributed by atoms with Crippen LogP contribution in [0.2, 0.25) is 0 Å². The maximum atomic E-state index is 13.4. The average Bonchev–Trinajstić information content (AvgIpc) is 3.47. The minimum atomic E-state index is -3.78. The molecule has 1 N–H and O–H groups in total. The molecule has 1 aliphatic heterocycles. The number of hydrogen-bond donors (Lipinski definition) is 1. The van der Waals surface area contributed by atoms with Crippen LogP contribution in [0.3, 0.4) is 0 Å². The van der Waals surface area contributed by atoms with Gasteiger partial charge in [-0.25, -0.2) is 8.42 Å². The monoisotopic (exact) mass is 568 g/mol. The fourth-order valence-corrected chi connectivity index (χ4v) is 6.09. The molecule has 11 nitrogen and oxygen atoms in total. The lowest BCUT2D eigenvalue weighted by molar-refractivity contribution is -0.139. The molecule has 1 unspecified atom stereocenters. The van der Waals surface area contributed by atoms with E-state index in [1.807, 2.05) is 6.07 Å². The summed E-state index contributed by atoms with van der Waals surface area (Å²) in [4.78, 5) is 45.3. The predicted molar refractivity (Wildman–Crippen MR) is 146 cm³/mol. The molecule has 0 saturated carbocycles. The van der Waals surface area contributed by atoms with Crippen molar-refractivity contribution in [1.29, 1.82) is 0 Å². The number of aromatic nitrogens is 2. The molecule has 0 spiro atoms. The van der Waals surface area contributed by atoms with Crippen LogP contribution in [0.5, 0.6) is 0 Å². The van der Waals surface area contributed by atoms with Crippen molar-refractivity contribution in [2.45, 2.75) is 31.6 Å². The zero-order valence-corrected chi connectivity index (χ0v) is 23.0. The number of morpholine rings is 1. The van der Waals surface area contributed by atoms with Gasteiger partial charge in [0.2, 0.25) is 23.4 Å². The van der Waals surface area contributed by atoms with E-state index in [2.05, 4.69) is 15.5 Å². The highest BCUT2D eigenvalue weighted by Crippen LogP contribution is 2.19. The van der Waals surface area contributed by atoms with Gasteiger partial charge in [-0.15, -0.1) is 0 Å². The minimum Gasteiger partial charge on any atom is -0.378 e. The number of hydrogen-bond acceptors (Lipinski definition) is 9. The average molecular weight is 569 g/mol. The van der Waals surface area contributed by atoms with Gasteiger partial charge in [0.25, 0.3) is 5.89 Å². The number of carbonyl (C=O) groups excluding carboxylic acids is 3. The van der Waals surface area contributed by atoms with Crippen LogP contribution in [0.15, 0.2) is 65.2 Å². The topological polar surface area (TPSA) is 149 Å². The fourth-order valence-electron chi connectivity index (χ4n) is 4.39. The van der Waals surface area contributed by atoms with E-state index in [-0.39, 0.29) is 36.2 Å². The number of nitrogens with one attached hydrogen (secondary N) is 1. The Morgan fingerprint density at radius 3 is 2.30 bits per heavy atom. The van der Waals surface area contributed by atoms with Gasteiger partial charge in [-0.05, 0) is 24.1 Å². The second-order valence-electron chi connectivity index (χ2n) is 9.56. The van der Waals surface area contributed by atoms with Gasteiger partial charge in [-0.2, -0.15) is 4.98 Å². The molecule has 0 radical (unpaired) electrons. The van der Waals surface area contributed by atoms with E-state index in [0.717, 1.165) is 0 Å². The molecule has 3 aromatic rings. The first kappa shape index (κ1) is 29.1. The Bertz CT molecular complexity index is 1400. The van der Waals surface area contributed by atoms with Gasteiger partial charge in [0, 0.05) is 25.1 Å². The number of rotatable bonds is 12. The molecular formula is C28H32N4O7S. The summed E-state index contributed by atoms with van der Waals surface area (Å²) in [6.45, 7) is 3.16. The van der Waals surface area contributed by atoms with Crippen molar-refractivity contribution >= 4 is 27.4 Å². The number of Topliss-reactive ketones (excluding diaryl/α,β-unsaturated/α-hetero) is 1. The summed E-state index contributed by atoms with van der Waals surface area (Å²) in [7, 11) is -3.78. The molecule has 2 atom stereocenters. The molecule has 2 heterocycles. The van der Waals surface area contributed by atoms with Crippen LogP contribution >= 0.6 is 0 Å². The fraction of sp³-hybridized carbons (Fsp3) is 0.393. The lowest BCUT2D eigenvalue weighted by Crippen LogP contribution is -2.47. The van der Waals surface area contributed by atoms with Gasteiger partial charge in [0.15, 0.2) is 9.84 Å². The smallest absolute Gasteiger partial charge is 0.258 e. The van der Waals surface area contributed by atoms with E-state index in [9.17, 15) is 22.8 Å². The summed E-state index contributed by atoms with van der Waals surface area (Å²) >= 11 is 0. The van der Waals surface area contributed by atoms with Crippen LogP contribution in [0.4, 0.5) is 0 Å². The first-order valence-corrected chi connectivity index (χ1v) is 14.9. The Balaban J connectivity index is 1.49.